The lowest BCUT2D eigenvalue weighted by Gasteiger charge is -2.15. The first kappa shape index (κ1) is 12.5. The van der Waals surface area contributed by atoms with Crippen molar-refractivity contribution in [1.29, 1.82) is 0 Å². The molecule has 0 saturated carbocycles. The zero-order valence-corrected chi connectivity index (χ0v) is 11.4. The lowest BCUT2D eigenvalue weighted by atomic mass is 10.3. The first-order valence-electron chi connectivity index (χ1n) is 6.04. The van der Waals surface area contributed by atoms with Crippen LogP contribution in [0.3, 0.4) is 0 Å². The highest BCUT2D eigenvalue weighted by atomic mass is 16.5. The summed E-state index contributed by atoms with van der Waals surface area (Å²) in [4.78, 5) is 20.8. The maximum Gasteiger partial charge on any atom is 0.279 e. The van der Waals surface area contributed by atoms with E-state index < -0.39 is 0 Å². The second-order valence-electron chi connectivity index (χ2n) is 4.54. The fourth-order valence-corrected chi connectivity index (χ4v) is 2.06. The summed E-state index contributed by atoms with van der Waals surface area (Å²) in [6.45, 7) is 0.305. The van der Waals surface area contributed by atoms with Crippen LogP contribution in [0.2, 0.25) is 0 Å². The highest BCUT2D eigenvalue weighted by Crippen LogP contribution is 2.10. The zero-order chi connectivity index (χ0) is 14.3. The highest BCUT2D eigenvalue weighted by Gasteiger charge is 2.11. The molecule has 0 aliphatic carbocycles. The average Bonchev–Trinajstić information content (AvgIpc) is 2.82. The molecule has 0 unspecified atom stereocenters. The topological polar surface area (TPSA) is 77.6 Å². The maximum atomic E-state index is 12.3. The molecule has 3 aromatic rings. The van der Waals surface area contributed by atoms with Crippen LogP contribution in [-0.2, 0) is 11.3 Å². The van der Waals surface area contributed by atoms with Gasteiger partial charge in [-0.15, -0.1) is 5.10 Å². The number of hydrogen-bond acceptors (Lipinski definition) is 6. The third-order valence-corrected chi connectivity index (χ3v) is 2.96. The maximum absolute atomic E-state index is 12.3. The van der Waals surface area contributed by atoms with E-state index in [-0.39, 0.29) is 5.56 Å². The lowest BCUT2D eigenvalue weighted by Crippen LogP contribution is -2.35. The van der Waals surface area contributed by atoms with E-state index in [1.807, 2.05) is 6.07 Å². The van der Waals surface area contributed by atoms with Gasteiger partial charge in [-0.05, 0) is 6.07 Å². The monoisotopic (exact) mass is 274 g/mol. The largest absolute Gasteiger partial charge is 0.377 e. The predicted octanol–water partition coefficient (Wildman–Crippen LogP) is -0.217. The Kier molecular flexibility index (Phi) is 2.87. The predicted molar refractivity (Wildman–Crippen MR) is 73.3 cm³/mol. The number of methoxy groups -OCH3 is 1. The molecule has 0 fully saturated rings. The Balaban J connectivity index is 2.32. The van der Waals surface area contributed by atoms with Gasteiger partial charge in [0.15, 0.2) is 5.82 Å². The second kappa shape index (κ2) is 4.57. The molecule has 0 radical (unpaired) electrons. The summed E-state index contributed by atoms with van der Waals surface area (Å²) in [7, 11) is 5.17. The second-order valence-corrected chi connectivity index (χ2v) is 4.54. The van der Waals surface area contributed by atoms with Gasteiger partial charge in [-0.25, -0.2) is 9.66 Å². The molecule has 3 aromatic heterocycles. The van der Waals surface area contributed by atoms with Crippen molar-refractivity contribution in [1.82, 2.24) is 24.3 Å². The van der Waals surface area contributed by atoms with Crippen molar-refractivity contribution in [2.45, 2.75) is 6.61 Å². The molecule has 20 heavy (non-hydrogen) atoms. The molecule has 3 rings (SSSR count). The Morgan fingerprint density at radius 1 is 1.40 bits per heavy atom. The first-order valence-corrected chi connectivity index (χ1v) is 6.04. The van der Waals surface area contributed by atoms with Gasteiger partial charge in [-0.1, -0.05) is 0 Å². The highest BCUT2D eigenvalue weighted by molar-refractivity contribution is 5.78. The average molecular weight is 274 g/mol. The minimum Gasteiger partial charge on any atom is -0.377 e. The van der Waals surface area contributed by atoms with Crippen LogP contribution < -0.4 is 10.6 Å². The minimum absolute atomic E-state index is 0.148. The van der Waals surface area contributed by atoms with E-state index in [4.69, 9.17) is 4.74 Å². The molecule has 0 amide bonds. The molecule has 0 spiro atoms. The van der Waals surface area contributed by atoms with Crippen molar-refractivity contribution in [2.24, 2.45) is 0 Å². The molecule has 0 aromatic carbocycles. The molecule has 0 atom stereocenters. The standard InChI is InChI=1S/C12H14N6O2/c1-16(2)17-5-4-9-8(11(17)19)6-13-12-14-10(7-20-3)15-18(9)12/h4-6H,7H2,1-3H3. The summed E-state index contributed by atoms with van der Waals surface area (Å²) in [6, 6.07) is 1.82. The van der Waals surface area contributed by atoms with Crippen molar-refractivity contribution in [3.63, 3.8) is 0 Å². The van der Waals surface area contributed by atoms with Crippen LogP contribution in [0.5, 0.6) is 0 Å². The third kappa shape index (κ3) is 1.81. The van der Waals surface area contributed by atoms with Crippen LogP contribution in [0.15, 0.2) is 23.3 Å². The van der Waals surface area contributed by atoms with Crippen LogP contribution in [0, 0.1) is 0 Å². The smallest absolute Gasteiger partial charge is 0.279 e. The van der Waals surface area contributed by atoms with E-state index in [9.17, 15) is 4.79 Å². The molecule has 0 saturated heterocycles. The molecule has 0 aliphatic rings. The van der Waals surface area contributed by atoms with Gasteiger partial charge in [-0.3, -0.25) is 4.79 Å². The van der Waals surface area contributed by atoms with Gasteiger partial charge >= 0.3 is 0 Å². The molecule has 8 nitrogen and oxygen atoms in total. The number of aromatic nitrogens is 5. The normalized spacial score (nSPS) is 11.3. The molecular weight excluding hydrogens is 260 g/mol. The molecule has 0 N–H and O–H groups in total. The quantitative estimate of drug-likeness (QED) is 0.657. The Morgan fingerprint density at radius 2 is 2.20 bits per heavy atom. The zero-order valence-electron chi connectivity index (χ0n) is 11.4. The molecule has 104 valence electrons. The summed E-state index contributed by atoms with van der Waals surface area (Å²) < 4.78 is 8.07. The van der Waals surface area contributed by atoms with E-state index >= 15 is 0 Å². The van der Waals surface area contributed by atoms with Gasteiger partial charge < -0.3 is 9.75 Å². The van der Waals surface area contributed by atoms with Crippen LogP contribution >= 0.6 is 0 Å². The molecule has 8 heteroatoms. The summed E-state index contributed by atoms with van der Waals surface area (Å²) in [5.41, 5.74) is 0.527. The van der Waals surface area contributed by atoms with Crippen molar-refractivity contribution in [2.75, 3.05) is 26.2 Å². The molecule has 3 heterocycles. The molecule has 0 aliphatic heterocycles. The van der Waals surface area contributed by atoms with E-state index in [0.29, 0.717) is 29.1 Å². The van der Waals surface area contributed by atoms with Gasteiger partial charge in [-0.2, -0.15) is 9.50 Å². The van der Waals surface area contributed by atoms with Gasteiger partial charge in [0.1, 0.15) is 6.61 Å². The number of ether oxygens (including phenoxy) is 1. The Labute approximate surface area is 114 Å². The number of fused-ring (bicyclic) bond motifs is 3. The Bertz CT molecular complexity index is 835. The summed E-state index contributed by atoms with van der Waals surface area (Å²) in [5, 5.41) is 6.49. The minimum atomic E-state index is -0.148. The number of pyridine rings is 1. The lowest BCUT2D eigenvalue weighted by molar-refractivity contribution is 0.178. The number of rotatable bonds is 3. The van der Waals surface area contributed by atoms with E-state index in [0.717, 1.165) is 0 Å². The molecular formula is C12H14N6O2. The van der Waals surface area contributed by atoms with Crippen LogP contribution in [-0.4, -0.2) is 45.5 Å². The summed E-state index contributed by atoms with van der Waals surface area (Å²) in [5.74, 6) is 0.982. The van der Waals surface area contributed by atoms with Crippen molar-refractivity contribution in [3.8, 4) is 0 Å². The van der Waals surface area contributed by atoms with Crippen molar-refractivity contribution < 1.29 is 4.74 Å². The van der Waals surface area contributed by atoms with Gasteiger partial charge in [0.25, 0.3) is 11.3 Å². The number of hydrogen-bond donors (Lipinski definition) is 0. The van der Waals surface area contributed by atoms with Gasteiger partial charge in [0.05, 0.1) is 10.9 Å². The van der Waals surface area contributed by atoms with Gasteiger partial charge in [0, 0.05) is 33.6 Å². The fourth-order valence-electron chi connectivity index (χ4n) is 2.06. The van der Waals surface area contributed by atoms with Crippen LogP contribution in [0.1, 0.15) is 5.82 Å². The van der Waals surface area contributed by atoms with Crippen LogP contribution in [0.4, 0.5) is 0 Å². The molecule has 0 bridgehead atoms. The van der Waals surface area contributed by atoms with Crippen molar-refractivity contribution in [3.05, 3.63) is 34.6 Å². The number of nitrogens with zero attached hydrogens (tertiary/aromatic N) is 6. The summed E-state index contributed by atoms with van der Waals surface area (Å²) >= 11 is 0. The fraction of sp³-hybridized carbons (Fsp3) is 0.333. The SMILES string of the molecule is COCc1nc2ncc3c(=O)n(N(C)C)ccc3n2n1. The van der Waals surface area contributed by atoms with Crippen LogP contribution in [0.25, 0.3) is 16.7 Å². The summed E-state index contributed by atoms with van der Waals surface area (Å²) in [6.07, 6.45) is 3.22. The Hall–Kier alpha value is -2.48. The first-order chi connectivity index (χ1) is 9.61. The third-order valence-electron chi connectivity index (χ3n) is 2.96. The van der Waals surface area contributed by atoms with E-state index in [1.54, 1.807) is 36.9 Å². The Morgan fingerprint density at radius 3 is 2.90 bits per heavy atom. The van der Waals surface area contributed by atoms with Gasteiger partial charge in [0.2, 0.25) is 0 Å². The van der Waals surface area contributed by atoms with E-state index in [2.05, 4.69) is 15.1 Å². The van der Waals surface area contributed by atoms with E-state index in [1.165, 1.54) is 10.9 Å². The van der Waals surface area contributed by atoms with Crippen molar-refractivity contribution >= 4 is 16.7 Å².